The van der Waals surface area contributed by atoms with Gasteiger partial charge >= 0.3 is 6.01 Å². The maximum absolute atomic E-state index is 13.2. The van der Waals surface area contributed by atoms with E-state index in [9.17, 15) is 14.4 Å². The van der Waals surface area contributed by atoms with Crippen LogP contribution >= 0.6 is 0 Å². The molecule has 1 saturated heterocycles. The maximum Gasteiger partial charge on any atom is 0.325 e. The zero-order valence-corrected chi connectivity index (χ0v) is 17.1. The number of amides is 2. The van der Waals surface area contributed by atoms with Crippen molar-refractivity contribution in [2.75, 3.05) is 4.90 Å². The number of para-hydroxylation sites is 2. The van der Waals surface area contributed by atoms with E-state index < -0.39 is 17.4 Å². The van der Waals surface area contributed by atoms with Gasteiger partial charge in [-0.1, -0.05) is 31.2 Å². The first-order valence-corrected chi connectivity index (χ1v) is 10.1. The number of aromatic amines is 1. The van der Waals surface area contributed by atoms with Gasteiger partial charge in [-0.25, -0.2) is 0 Å². The zero-order chi connectivity index (χ0) is 21.7. The molecule has 5 rings (SSSR count). The second-order valence-corrected chi connectivity index (χ2v) is 7.60. The van der Waals surface area contributed by atoms with Gasteiger partial charge in [0.15, 0.2) is 5.58 Å². The molecule has 0 bridgehead atoms. The summed E-state index contributed by atoms with van der Waals surface area (Å²) in [5, 5.41) is 2.94. The number of H-pyrrole nitrogens is 1. The minimum Gasteiger partial charge on any atom is -0.422 e. The average Bonchev–Trinajstić information content (AvgIpc) is 3.41. The number of benzene rings is 2. The summed E-state index contributed by atoms with van der Waals surface area (Å²) in [6.45, 7) is 3.74. The smallest absolute Gasteiger partial charge is 0.325 e. The van der Waals surface area contributed by atoms with Gasteiger partial charge in [0.25, 0.3) is 5.56 Å². The first-order chi connectivity index (χ1) is 15.0. The van der Waals surface area contributed by atoms with Crippen molar-refractivity contribution in [3.63, 3.8) is 0 Å². The Bertz CT molecular complexity index is 1340. The highest BCUT2D eigenvalue weighted by atomic mass is 16.4. The number of aromatic nitrogens is 3. The number of carbonyl (C=O) groups excluding carboxylic acids is 2. The van der Waals surface area contributed by atoms with Crippen molar-refractivity contribution in [2.45, 2.75) is 32.6 Å². The van der Waals surface area contributed by atoms with Crippen LogP contribution in [0.3, 0.4) is 0 Å². The number of hydrogen-bond acceptors (Lipinski definition) is 5. The second-order valence-electron chi connectivity index (χ2n) is 7.60. The molecular weight excluding hydrogens is 396 g/mol. The molecule has 1 fully saturated rings. The van der Waals surface area contributed by atoms with Gasteiger partial charge in [0.05, 0.1) is 17.2 Å². The third kappa shape index (κ3) is 2.99. The molecule has 2 amide bonds. The molecule has 0 spiro atoms. The predicted molar refractivity (Wildman–Crippen MR) is 114 cm³/mol. The summed E-state index contributed by atoms with van der Waals surface area (Å²) >= 11 is 0. The molecule has 0 saturated carbocycles. The van der Waals surface area contributed by atoms with Crippen LogP contribution in [0.15, 0.2) is 57.7 Å². The van der Waals surface area contributed by atoms with E-state index in [0.717, 1.165) is 12.0 Å². The molecule has 1 aliphatic rings. The quantitative estimate of drug-likeness (QED) is 0.515. The van der Waals surface area contributed by atoms with E-state index in [1.165, 1.54) is 9.58 Å². The van der Waals surface area contributed by atoms with Gasteiger partial charge in [-0.2, -0.15) is 9.67 Å². The van der Waals surface area contributed by atoms with E-state index in [0.29, 0.717) is 22.5 Å². The summed E-state index contributed by atoms with van der Waals surface area (Å²) < 4.78 is 6.87. The lowest BCUT2D eigenvalue weighted by Crippen LogP contribution is -2.31. The van der Waals surface area contributed by atoms with Crippen LogP contribution in [0.2, 0.25) is 0 Å². The molecule has 1 atom stereocenters. The zero-order valence-electron chi connectivity index (χ0n) is 17.1. The van der Waals surface area contributed by atoms with Crippen molar-refractivity contribution in [3.8, 4) is 6.01 Å². The molecule has 156 valence electrons. The first-order valence-electron chi connectivity index (χ1n) is 10.1. The molecule has 2 aromatic carbocycles. The van der Waals surface area contributed by atoms with Crippen LogP contribution in [-0.2, 0) is 16.0 Å². The molecule has 1 N–H and O–H groups in total. The highest BCUT2D eigenvalue weighted by Crippen LogP contribution is 2.33. The fourth-order valence-electron chi connectivity index (χ4n) is 4.07. The van der Waals surface area contributed by atoms with Crippen molar-refractivity contribution in [1.82, 2.24) is 14.8 Å². The van der Waals surface area contributed by atoms with E-state index in [-0.39, 0.29) is 23.9 Å². The van der Waals surface area contributed by atoms with Crippen LogP contribution in [0, 0.1) is 6.92 Å². The number of hydrogen-bond donors (Lipinski definition) is 1. The lowest BCUT2D eigenvalue weighted by Gasteiger charge is -2.15. The number of carbonyl (C=O) groups is 2. The van der Waals surface area contributed by atoms with Crippen LogP contribution in [0.5, 0.6) is 0 Å². The Balaban J connectivity index is 1.52. The van der Waals surface area contributed by atoms with Crippen molar-refractivity contribution in [3.05, 3.63) is 75.7 Å². The summed E-state index contributed by atoms with van der Waals surface area (Å²) in [6.07, 6.45) is 0.804. The van der Waals surface area contributed by atoms with Crippen molar-refractivity contribution < 1.29 is 14.0 Å². The molecule has 8 nitrogen and oxygen atoms in total. The lowest BCUT2D eigenvalue weighted by molar-refractivity contribution is -0.121. The molecule has 4 aromatic rings. The van der Waals surface area contributed by atoms with E-state index in [2.05, 4.69) is 10.1 Å². The second kappa shape index (κ2) is 7.09. The molecule has 31 heavy (non-hydrogen) atoms. The van der Waals surface area contributed by atoms with Crippen LogP contribution < -0.4 is 10.5 Å². The van der Waals surface area contributed by atoms with Gasteiger partial charge in [0.2, 0.25) is 11.8 Å². The number of anilines is 1. The Labute approximate surface area is 177 Å². The average molecular weight is 416 g/mol. The topological polar surface area (TPSA) is 101 Å². The highest BCUT2D eigenvalue weighted by molar-refractivity contribution is 6.22. The van der Waals surface area contributed by atoms with Crippen LogP contribution in [0.4, 0.5) is 5.69 Å². The Morgan fingerprint density at radius 2 is 1.84 bits per heavy atom. The van der Waals surface area contributed by atoms with E-state index in [1.54, 1.807) is 31.2 Å². The summed E-state index contributed by atoms with van der Waals surface area (Å²) in [4.78, 5) is 44.6. The first kappa shape index (κ1) is 19.0. The van der Waals surface area contributed by atoms with Crippen LogP contribution in [-0.4, -0.2) is 26.6 Å². The Morgan fingerprint density at radius 3 is 2.55 bits per heavy atom. The third-order valence-corrected chi connectivity index (χ3v) is 5.69. The summed E-state index contributed by atoms with van der Waals surface area (Å²) in [6, 6.07) is 14.6. The monoisotopic (exact) mass is 416 g/mol. The molecule has 1 aliphatic heterocycles. The van der Waals surface area contributed by atoms with E-state index in [1.807, 2.05) is 31.2 Å². The molecule has 2 aromatic heterocycles. The largest absolute Gasteiger partial charge is 0.422 e. The van der Waals surface area contributed by atoms with Gasteiger partial charge in [0.1, 0.15) is 5.52 Å². The molecular formula is C23H20N4O4. The molecule has 3 heterocycles. The minimum absolute atomic E-state index is 0.0597. The summed E-state index contributed by atoms with van der Waals surface area (Å²) in [7, 11) is 0. The fourth-order valence-corrected chi connectivity index (χ4v) is 4.07. The molecule has 0 unspecified atom stereocenters. The molecule has 0 aliphatic carbocycles. The van der Waals surface area contributed by atoms with Gasteiger partial charge in [-0.15, -0.1) is 0 Å². The number of nitrogens with zero attached hydrogens (tertiary/aromatic N) is 3. The third-order valence-electron chi connectivity index (χ3n) is 5.69. The van der Waals surface area contributed by atoms with Crippen molar-refractivity contribution >= 4 is 28.6 Å². The number of nitrogens with one attached hydrogen (secondary N) is 1. The number of oxazole rings is 1. The van der Waals surface area contributed by atoms with E-state index in [4.69, 9.17) is 4.42 Å². The van der Waals surface area contributed by atoms with Gasteiger partial charge in [0, 0.05) is 12.1 Å². The van der Waals surface area contributed by atoms with Crippen LogP contribution in [0.1, 0.15) is 36.1 Å². The number of aryl methyl sites for hydroxylation is 2. The summed E-state index contributed by atoms with van der Waals surface area (Å²) in [5.41, 5.74) is 3.11. The van der Waals surface area contributed by atoms with Gasteiger partial charge in [-0.05, 0) is 43.2 Å². The molecule has 8 heteroatoms. The summed E-state index contributed by atoms with van der Waals surface area (Å²) in [5.74, 6) is -1.58. The molecule has 0 radical (unpaired) electrons. The lowest BCUT2D eigenvalue weighted by atomic mass is 9.98. The standard InChI is InChI=1S/C23H20N4O4/c1-3-14-8-10-15(11-9-14)26-19(28)12-16(21(26)29)20-13(2)25-27(22(20)30)23-24-17-6-4-5-7-18(17)31-23/h4-11,16,25H,3,12H2,1-2H3/t16-/m0/s1. The Hall–Kier alpha value is -3.94. The van der Waals surface area contributed by atoms with Crippen LogP contribution in [0.25, 0.3) is 17.1 Å². The number of rotatable bonds is 4. The van der Waals surface area contributed by atoms with Crippen molar-refractivity contribution in [2.24, 2.45) is 0 Å². The van der Waals surface area contributed by atoms with Crippen molar-refractivity contribution in [1.29, 1.82) is 0 Å². The van der Waals surface area contributed by atoms with Gasteiger partial charge < -0.3 is 4.42 Å². The Morgan fingerprint density at radius 1 is 1.10 bits per heavy atom. The number of imide groups is 1. The minimum atomic E-state index is -0.854. The van der Waals surface area contributed by atoms with E-state index >= 15 is 0 Å². The predicted octanol–water partition coefficient (Wildman–Crippen LogP) is 3.22. The number of fused-ring (bicyclic) bond motifs is 1. The normalized spacial score (nSPS) is 16.6. The maximum atomic E-state index is 13.2. The highest BCUT2D eigenvalue weighted by Gasteiger charge is 2.43. The SMILES string of the molecule is CCc1ccc(N2C(=O)C[C@@H](c3c(C)[nH]n(-c4nc5ccccc5o4)c3=O)C2=O)cc1. The fraction of sp³-hybridized carbons (Fsp3) is 0.217. The Kier molecular flexibility index (Phi) is 4.35. The van der Waals surface area contributed by atoms with Gasteiger partial charge in [-0.3, -0.25) is 24.4 Å².